The summed E-state index contributed by atoms with van der Waals surface area (Å²) in [5, 5.41) is 6.89. The highest BCUT2D eigenvalue weighted by atomic mass is 16.5. The van der Waals surface area contributed by atoms with Crippen LogP contribution >= 0.6 is 0 Å². The van der Waals surface area contributed by atoms with E-state index in [0.29, 0.717) is 0 Å². The average molecular weight is 354 g/mol. The summed E-state index contributed by atoms with van der Waals surface area (Å²) in [6, 6.07) is 28.7. The first kappa shape index (κ1) is 17.0. The summed E-state index contributed by atoms with van der Waals surface area (Å²) in [7, 11) is 0. The van der Waals surface area contributed by atoms with Crippen LogP contribution < -0.4 is 15.4 Å². The van der Waals surface area contributed by atoms with Crippen LogP contribution in [0.5, 0.6) is 5.75 Å². The fraction of sp³-hybridized carbons (Fsp3) is 0.0833. The number of anilines is 3. The van der Waals surface area contributed by atoms with Gasteiger partial charge in [-0.05, 0) is 55.0 Å². The molecule has 3 aromatic carbocycles. The topological polar surface area (TPSA) is 33.3 Å². The largest absolute Gasteiger partial charge is 0.458 e. The Kier molecular flexibility index (Phi) is 5.21. The van der Waals surface area contributed by atoms with Crippen molar-refractivity contribution in [2.45, 2.75) is 12.5 Å². The monoisotopic (exact) mass is 354 g/mol. The molecule has 0 saturated carbocycles. The van der Waals surface area contributed by atoms with Crippen LogP contribution in [0.25, 0.3) is 0 Å². The molecule has 1 aliphatic carbocycles. The van der Waals surface area contributed by atoms with E-state index >= 15 is 0 Å². The van der Waals surface area contributed by atoms with Gasteiger partial charge in [0.15, 0.2) is 0 Å². The van der Waals surface area contributed by atoms with E-state index in [-0.39, 0.29) is 6.04 Å². The third-order valence-electron chi connectivity index (χ3n) is 4.32. The summed E-state index contributed by atoms with van der Waals surface area (Å²) in [5.41, 5.74) is 3.19. The van der Waals surface area contributed by atoms with Gasteiger partial charge in [0.05, 0.1) is 0 Å². The minimum Gasteiger partial charge on any atom is -0.458 e. The molecule has 3 nitrogen and oxygen atoms in total. The van der Waals surface area contributed by atoms with Crippen molar-refractivity contribution in [1.82, 2.24) is 0 Å². The van der Waals surface area contributed by atoms with Gasteiger partial charge in [0, 0.05) is 29.2 Å². The van der Waals surface area contributed by atoms with Gasteiger partial charge in [-0.2, -0.15) is 0 Å². The summed E-state index contributed by atoms with van der Waals surface area (Å²) >= 11 is 0. The Morgan fingerprint density at radius 1 is 0.741 bits per heavy atom. The number of para-hydroxylation sites is 2. The van der Waals surface area contributed by atoms with Gasteiger partial charge >= 0.3 is 0 Å². The molecule has 0 aromatic heterocycles. The van der Waals surface area contributed by atoms with Crippen LogP contribution in [0.4, 0.5) is 17.1 Å². The highest BCUT2D eigenvalue weighted by Crippen LogP contribution is 2.24. The van der Waals surface area contributed by atoms with E-state index in [1.54, 1.807) is 0 Å². The number of hydrogen-bond donors (Lipinski definition) is 2. The van der Waals surface area contributed by atoms with E-state index in [4.69, 9.17) is 4.74 Å². The number of hydrogen-bond acceptors (Lipinski definition) is 3. The molecule has 0 heterocycles. The fourth-order valence-electron chi connectivity index (χ4n) is 2.99. The second-order valence-corrected chi connectivity index (χ2v) is 6.44. The van der Waals surface area contributed by atoms with Gasteiger partial charge in [-0.25, -0.2) is 0 Å². The maximum Gasteiger partial charge on any atom is 0.129 e. The zero-order valence-corrected chi connectivity index (χ0v) is 15.0. The molecule has 3 aromatic rings. The van der Waals surface area contributed by atoms with Gasteiger partial charge in [0.1, 0.15) is 11.5 Å². The molecule has 1 unspecified atom stereocenters. The number of rotatable bonds is 6. The molecule has 1 aliphatic rings. The Morgan fingerprint density at radius 2 is 1.44 bits per heavy atom. The van der Waals surface area contributed by atoms with Crippen molar-refractivity contribution in [3.05, 3.63) is 109 Å². The molecule has 0 aliphatic heterocycles. The number of nitrogens with one attached hydrogen (secondary N) is 2. The Hall–Kier alpha value is -3.46. The second-order valence-electron chi connectivity index (χ2n) is 6.44. The van der Waals surface area contributed by atoms with E-state index in [1.165, 1.54) is 0 Å². The Labute approximate surface area is 160 Å². The molecule has 0 bridgehead atoms. The van der Waals surface area contributed by atoms with Crippen molar-refractivity contribution in [1.29, 1.82) is 0 Å². The lowest BCUT2D eigenvalue weighted by Crippen LogP contribution is -2.18. The minimum absolute atomic E-state index is 0.283. The first-order valence-electron chi connectivity index (χ1n) is 9.15. The predicted molar refractivity (Wildman–Crippen MR) is 112 cm³/mol. The number of ether oxygens (including phenoxy) is 1. The third-order valence-corrected chi connectivity index (χ3v) is 4.32. The van der Waals surface area contributed by atoms with Crippen LogP contribution in [0.3, 0.4) is 0 Å². The second kappa shape index (κ2) is 8.28. The van der Waals surface area contributed by atoms with Crippen molar-refractivity contribution < 1.29 is 4.74 Å². The van der Waals surface area contributed by atoms with E-state index in [9.17, 15) is 0 Å². The van der Waals surface area contributed by atoms with E-state index in [1.807, 2.05) is 78.9 Å². The van der Waals surface area contributed by atoms with Gasteiger partial charge in [0.2, 0.25) is 0 Å². The highest BCUT2D eigenvalue weighted by molar-refractivity contribution is 5.61. The average Bonchev–Trinajstić information content (AvgIpc) is 2.71. The van der Waals surface area contributed by atoms with Crippen molar-refractivity contribution in [3.63, 3.8) is 0 Å². The summed E-state index contributed by atoms with van der Waals surface area (Å²) in [6.07, 6.45) is 7.19. The van der Waals surface area contributed by atoms with Crippen LogP contribution in [-0.4, -0.2) is 6.04 Å². The lowest BCUT2D eigenvalue weighted by Gasteiger charge is -2.19. The van der Waals surface area contributed by atoms with Crippen LogP contribution in [0.15, 0.2) is 109 Å². The SMILES string of the molecule is C1=CC(Nc2ccccc2)CC=C1Oc1cccc(Nc2ccccc2)c1. The molecule has 4 rings (SSSR count). The molecule has 0 saturated heterocycles. The molecule has 27 heavy (non-hydrogen) atoms. The normalized spacial score (nSPS) is 15.7. The lowest BCUT2D eigenvalue weighted by atomic mass is 10.1. The maximum absolute atomic E-state index is 6.04. The first-order valence-corrected chi connectivity index (χ1v) is 9.15. The number of benzene rings is 3. The molecular weight excluding hydrogens is 332 g/mol. The van der Waals surface area contributed by atoms with Gasteiger partial charge < -0.3 is 15.4 Å². The smallest absolute Gasteiger partial charge is 0.129 e. The quantitative estimate of drug-likeness (QED) is 0.558. The van der Waals surface area contributed by atoms with E-state index in [0.717, 1.165) is 35.0 Å². The Balaban J connectivity index is 1.36. The zero-order valence-electron chi connectivity index (χ0n) is 15.0. The number of allylic oxidation sites excluding steroid dienone is 1. The standard InChI is InChI=1S/C24H22N2O/c1-3-8-19(9-4-1)25-21-14-16-23(17-15-21)27-24-13-7-12-22(18-24)26-20-10-5-2-6-11-20/h1-14,16-18,21,25-26H,15H2. The van der Waals surface area contributed by atoms with Crippen LogP contribution in [-0.2, 0) is 0 Å². The summed E-state index contributed by atoms with van der Waals surface area (Å²) in [4.78, 5) is 0. The third kappa shape index (κ3) is 4.79. The van der Waals surface area contributed by atoms with Gasteiger partial charge in [0.25, 0.3) is 0 Å². The van der Waals surface area contributed by atoms with Crippen LogP contribution in [0.1, 0.15) is 6.42 Å². The van der Waals surface area contributed by atoms with Crippen LogP contribution in [0.2, 0.25) is 0 Å². The maximum atomic E-state index is 6.04. The molecule has 0 spiro atoms. The van der Waals surface area contributed by atoms with Crippen molar-refractivity contribution >= 4 is 17.1 Å². The first-order chi connectivity index (χ1) is 13.3. The molecule has 0 fully saturated rings. The predicted octanol–water partition coefficient (Wildman–Crippen LogP) is 6.13. The Bertz CT molecular complexity index is 933. The lowest BCUT2D eigenvalue weighted by molar-refractivity contribution is 0.438. The molecule has 134 valence electrons. The zero-order chi connectivity index (χ0) is 18.3. The molecular formula is C24H22N2O. The van der Waals surface area contributed by atoms with E-state index in [2.05, 4.69) is 34.9 Å². The fourth-order valence-corrected chi connectivity index (χ4v) is 2.99. The van der Waals surface area contributed by atoms with Gasteiger partial charge in [-0.15, -0.1) is 0 Å². The summed E-state index contributed by atoms with van der Waals surface area (Å²) in [6.45, 7) is 0. The Morgan fingerprint density at radius 3 is 2.15 bits per heavy atom. The van der Waals surface area contributed by atoms with Gasteiger partial charge in [-0.3, -0.25) is 0 Å². The van der Waals surface area contributed by atoms with Crippen LogP contribution in [0, 0.1) is 0 Å². The van der Waals surface area contributed by atoms with Crippen molar-refractivity contribution in [2.24, 2.45) is 0 Å². The van der Waals surface area contributed by atoms with E-state index < -0.39 is 0 Å². The molecule has 3 heteroatoms. The molecule has 0 radical (unpaired) electrons. The highest BCUT2D eigenvalue weighted by Gasteiger charge is 2.10. The van der Waals surface area contributed by atoms with Crippen molar-refractivity contribution in [3.8, 4) is 5.75 Å². The minimum atomic E-state index is 0.283. The summed E-state index contributed by atoms with van der Waals surface area (Å²) in [5.74, 6) is 1.69. The summed E-state index contributed by atoms with van der Waals surface area (Å²) < 4.78 is 6.04. The molecule has 1 atom stereocenters. The molecule has 0 amide bonds. The van der Waals surface area contributed by atoms with Crippen molar-refractivity contribution in [2.75, 3.05) is 10.6 Å². The van der Waals surface area contributed by atoms with Gasteiger partial charge in [-0.1, -0.05) is 48.5 Å². The molecule has 2 N–H and O–H groups in total.